The third-order valence-corrected chi connectivity index (χ3v) is 3.75. The molecule has 1 heterocycles. The van der Waals surface area contributed by atoms with Gasteiger partial charge >= 0.3 is 0 Å². The Morgan fingerprint density at radius 2 is 1.76 bits per heavy atom. The Kier molecular flexibility index (Phi) is 3.51. The lowest BCUT2D eigenvalue weighted by molar-refractivity contribution is 0.533. The summed E-state index contributed by atoms with van der Waals surface area (Å²) in [6.45, 7) is 0.176. The minimum atomic E-state index is -0.647. The van der Waals surface area contributed by atoms with E-state index in [1.165, 1.54) is 18.2 Å². The molecule has 0 saturated heterocycles. The van der Waals surface area contributed by atoms with Crippen LogP contribution in [-0.4, -0.2) is 12.5 Å². The van der Waals surface area contributed by atoms with Crippen LogP contribution in [0, 0.1) is 11.6 Å². The quantitative estimate of drug-likeness (QED) is 0.922. The van der Waals surface area contributed by atoms with Crippen LogP contribution in [0.5, 0.6) is 0 Å². The van der Waals surface area contributed by atoms with Gasteiger partial charge in [0.15, 0.2) is 5.96 Å². The highest BCUT2D eigenvalue weighted by atomic mass is 35.5. The van der Waals surface area contributed by atoms with E-state index in [0.29, 0.717) is 10.7 Å². The van der Waals surface area contributed by atoms with E-state index in [-0.39, 0.29) is 18.1 Å². The second-order valence-corrected chi connectivity index (χ2v) is 5.08. The molecule has 3 rings (SSSR count). The SMILES string of the molecule is NC1=NCC(c2c(F)cccc2F)N1c1ccccc1Cl. The lowest BCUT2D eigenvalue weighted by Crippen LogP contribution is -2.37. The van der Waals surface area contributed by atoms with Crippen molar-refractivity contribution in [2.75, 3.05) is 11.4 Å². The zero-order chi connectivity index (χ0) is 15.0. The molecule has 0 spiro atoms. The van der Waals surface area contributed by atoms with Crippen LogP contribution in [0.4, 0.5) is 14.5 Å². The predicted octanol–water partition coefficient (Wildman–Crippen LogP) is 3.49. The molecule has 1 aliphatic heterocycles. The second kappa shape index (κ2) is 5.33. The van der Waals surface area contributed by atoms with Gasteiger partial charge in [-0.2, -0.15) is 0 Å². The lowest BCUT2D eigenvalue weighted by Gasteiger charge is -2.27. The molecule has 108 valence electrons. The van der Waals surface area contributed by atoms with Crippen molar-refractivity contribution in [3.8, 4) is 0 Å². The Labute approximate surface area is 125 Å². The van der Waals surface area contributed by atoms with Crippen LogP contribution in [0.15, 0.2) is 47.5 Å². The van der Waals surface area contributed by atoms with Gasteiger partial charge in [-0.25, -0.2) is 8.78 Å². The molecule has 21 heavy (non-hydrogen) atoms. The maximum absolute atomic E-state index is 14.0. The number of halogens is 3. The average Bonchev–Trinajstić information content (AvgIpc) is 2.81. The minimum absolute atomic E-state index is 0.0541. The fourth-order valence-corrected chi connectivity index (χ4v) is 2.71. The largest absolute Gasteiger partial charge is 0.369 e. The minimum Gasteiger partial charge on any atom is -0.369 e. The first kappa shape index (κ1) is 13.8. The molecule has 0 amide bonds. The van der Waals surface area contributed by atoms with E-state index in [2.05, 4.69) is 4.99 Å². The molecule has 3 nitrogen and oxygen atoms in total. The van der Waals surface area contributed by atoms with Gasteiger partial charge in [-0.05, 0) is 24.3 Å². The molecule has 0 aromatic heterocycles. The van der Waals surface area contributed by atoms with Crippen LogP contribution in [0.3, 0.4) is 0 Å². The van der Waals surface area contributed by atoms with Gasteiger partial charge in [0, 0.05) is 5.56 Å². The van der Waals surface area contributed by atoms with Crippen molar-refractivity contribution in [3.63, 3.8) is 0 Å². The predicted molar refractivity (Wildman–Crippen MR) is 79.5 cm³/mol. The van der Waals surface area contributed by atoms with Crippen LogP contribution >= 0.6 is 11.6 Å². The highest BCUT2D eigenvalue weighted by Gasteiger charge is 2.33. The van der Waals surface area contributed by atoms with Crippen LogP contribution in [0.2, 0.25) is 5.02 Å². The van der Waals surface area contributed by atoms with Crippen molar-refractivity contribution in [2.24, 2.45) is 10.7 Å². The number of rotatable bonds is 2. The number of hydrogen-bond donors (Lipinski definition) is 1. The molecule has 2 N–H and O–H groups in total. The highest BCUT2D eigenvalue weighted by molar-refractivity contribution is 6.33. The van der Waals surface area contributed by atoms with E-state index < -0.39 is 17.7 Å². The Hall–Kier alpha value is -2.14. The topological polar surface area (TPSA) is 41.6 Å². The summed E-state index contributed by atoms with van der Waals surface area (Å²) in [6, 6.07) is 10.1. The number of aliphatic imine (C=N–C) groups is 1. The first-order valence-corrected chi connectivity index (χ1v) is 6.75. The monoisotopic (exact) mass is 307 g/mol. The maximum Gasteiger partial charge on any atom is 0.196 e. The van der Waals surface area contributed by atoms with Gasteiger partial charge < -0.3 is 10.6 Å². The number of anilines is 1. The van der Waals surface area contributed by atoms with Crippen molar-refractivity contribution in [1.82, 2.24) is 0 Å². The normalized spacial score (nSPS) is 18.0. The van der Waals surface area contributed by atoms with Gasteiger partial charge in [-0.15, -0.1) is 0 Å². The van der Waals surface area contributed by atoms with Gasteiger partial charge in [0.25, 0.3) is 0 Å². The Balaban J connectivity index is 2.10. The third-order valence-electron chi connectivity index (χ3n) is 3.43. The molecule has 1 aliphatic rings. The smallest absolute Gasteiger partial charge is 0.196 e. The lowest BCUT2D eigenvalue weighted by atomic mass is 10.0. The fraction of sp³-hybridized carbons (Fsp3) is 0.133. The molecule has 6 heteroatoms. The van der Waals surface area contributed by atoms with E-state index in [0.717, 1.165) is 0 Å². The van der Waals surface area contributed by atoms with Crippen LogP contribution in [0.25, 0.3) is 0 Å². The Bertz CT molecular complexity index is 698. The number of hydrogen-bond acceptors (Lipinski definition) is 3. The molecule has 0 radical (unpaired) electrons. The highest BCUT2D eigenvalue weighted by Crippen LogP contribution is 2.37. The van der Waals surface area contributed by atoms with Crippen molar-refractivity contribution < 1.29 is 8.78 Å². The van der Waals surface area contributed by atoms with Gasteiger partial charge in [-0.1, -0.05) is 29.8 Å². The first-order valence-electron chi connectivity index (χ1n) is 6.37. The van der Waals surface area contributed by atoms with Gasteiger partial charge in [0.05, 0.1) is 23.3 Å². The Morgan fingerprint density at radius 3 is 2.43 bits per heavy atom. The van der Waals surface area contributed by atoms with Crippen molar-refractivity contribution >= 4 is 23.2 Å². The van der Waals surface area contributed by atoms with E-state index >= 15 is 0 Å². The summed E-state index contributed by atoms with van der Waals surface area (Å²) in [6.07, 6.45) is 0. The molecular formula is C15H12ClF2N3. The van der Waals surface area contributed by atoms with Gasteiger partial charge in [0.2, 0.25) is 0 Å². The molecular weight excluding hydrogens is 296 g/mol. The standard InChI is InChI=1S/C15H12ClF2N3/c16-9-4-1-2-7-12(9)21-13(8-20-15(21)19)14-10(17)5-3-6-11(14)18/h1-7,13H,8H2,(H2,19,20). The summed E-state index contributed by atoms with van der Waals surface area (Å²) < 4.78 is 28.1. The number of guanidine groups is 1. The molecule has 0 bridgehead atoms. The molecule has 0 saturated carbocycles. The summed E-state index contributed by atoms with van der Waals surface area (Å²) in [4.78, 5) is 5.66. The Morgan fingerprint density at radius 1 is 1.10 bits per heavy atom. The number of benzene rings is 2. The number of para-hydroxylation sites is 1. The summed E-state index contributed by atoms with van der Waals surface area (Å²) in [5, 5.41) is 0.444. The van der Waals surface area contributed by atoms with Crippen LogP contribution < -0.4 is 10.6 Å². The maximum atomic E-state index is 14.0. The molecule has 1 unspecified atom stereocenters. The summed E-state index contributed by atoms with van der Waals surface area (Å²) >= 11 is 6.16. The van der Waals surface area contributed by atoms with Crippen LogP contribution in [0.1, 0.15) is 11.6 Å². The summed E-state index contributed by atoms with van der Waals surface area (Å²) in [5.74, 6) is -1.06. The van der Waals surface area contributed by atoms with E-state index in [1.807, 2.05) is 0 Å². The van der Waals surface area contributed by atoms with Crippen molar-refractivity contribution in [3.05, 3.63) is 64.7 Å². The zero-order valence-electron chi connectivity index (χ0n) is 10.9. The first-order chi connectivity index (χ1) is 10.1. The van der Waals surface area contributed by atoms with Crippen molar-refractivity contribution in [1.29, 1.82) is 0 Å². The average molecular weight is 308 g/mol. The summed E-state index contributed by atoms with van der Waals surface area (Å²) in [7, 11) is 0. The second-order valence-electron chi connectivity index (χ2n) is 4.67. The molecule has 0 fully saturated rings. The molecule has 0 aliphatic carbocycles. The molecule has 1 atom stereocenters. The molecule has 2 aromatic rings. The summed E-state index contributed by atoms with van der Waals surface area (Å²) in [5.41, 5.74) is 6.40. The van der Waals surface area contributed by atoms with Crippen molar-refractivity contribution in [2.45, 2.75) is 6.04 Å². The van der Waals surface area contributed by atoms with E-state index in [1.54, 1.807) is 29.2 Å². The number of nitrogens with two attached hydrogens (primary N) is 1. The van der Waals surface area contributed by atoms with E-state index in [9.17, 15) is 8.78 Å². The fourth-order valence-electron chi connectivity index (χ4n) is 2.49. The van der Waals surface area contributed by atoms with Crippen LogP contribution in [-0.2, 0) is 0 Å². The number of nitrogens with zero attached hydrogens (tertiary/aromatic N) is 2. The molecule has 2 aromatic carbocycles. The van der Waals surface area contributed by atoms with Gasteiger partial charge in [0.1, 0.15) is 11.6 Å². The van der Waals surface area contributed by atoms with E-state index in [4.69, 9.17) is 17.3 Å². The third kappa shape index (κ3) is 2.34. The van der Waals surface area contributed by atoms with Gasteiger partial charge in [-0.3, -0.25) is 4.99 Å². The zero-order valence-corrected chi connectivity index (χ0v) is 11.7.